The highest BCUT2D eigenvalue weighted by molar-refractivity contribution is 8.06. The Labute approximate surface area is 99.5 Å². The van der Waals surface area contributed by atoms with Crippen LogP contribution in [0.3, 0.4) is 0 Å². The Bertz CT molecular complexity index is 215. The van der Waals surface area contributed by atoms with Crippen molar-refractivity contribution >= 4 is 29.4 Å². The standard InChI is InChI=1S/C10H18N2OS2/c13-10(3-8-4-11-5-8)12-6-9-7-14-1-2-15-9/h8-9,11H,1-7H2,(H,12,13). The first-order valence-electron chi connectivity index (χ1n) is 5.51. The Balaban J connectivity index is 1.57. The smallest absolute Gasteiger partial charge is 0.220 e. The second-order valence-corrected chi connectivity index (χ2v) is 6.66. The normalized spacial score (nSPS) is 27.1. The number of carbonyl (C=O) groups excluding carboxylic acids is 1. The molecular weight excluding hydrogens is 228 g/mol. The van der Waals surface area contributed by atoms with Crippen molar-refractivity contribution in [3.8, 4) is 0 Å². The molecule has 2 saturated heterocycles. The van der Waals surface area contributed by atoms with E-state index in [2.05, 4.69) is 10.6 Å². The Morgan fingerprint density at radius 2 is 2.27 bits per heavy atom. The molecule has 0 aromatic carbocycles. The van der Waals surface area contributed by atoms with Crippen LogP contribution >= 0.6 is 23.5 Å². The summed E-state index contributed by atoms with van der Waals surface area (Å²) in [5.74, 6) is 4.51. The van der Waals surface area contributed by atoms with Crippen LogP contribution in [0.15, 0.2) is 0 Å². The second-order valence-electron chi connectivity index (χ2n) is 4.10. The molecular formula is C10H18N2OS2. The van der Waals surface area contributed by atoms with E-state index in [4.69, 9.17) is 0 Å². The molecule has 2 heterocycles. The summed E-state index contributed by atoms with van der Waals surface area (Å²) in [6, 6.07) is 0. The van der Waals surface area contributed by atoms with E-state index in [0.29, 0.717) is 17.6 Å². The predicted octanol–water partition coefficient (Wildman–Crippen LogP) is 0.561. The molecule has 0 bridgehead atoms. The lowest BCUT2D eigenvalue weighted by molar-refractivity contribution is -0.122. The highest BCUT2D eigenvalue weighted by Crippen LogP contribution is 2.23. The topological polar surface area (TPSA) is 41.1 Å². The highest BCUT2D eigenvalue weighted by atomic mass is 32.2. The first-order chi connectivity index (χ1) is 7.34. The van der Waals surface area contributed by atoms with E-state index in [0.717, 1.165) is 19.6 Å². The molecule has 1 atom stereocenters. The maximum atomic E-state index is 11.5. The van der Waals surface area contributed by atoms with Gasteiger partial charge in [-0.25, -0.2) is 0 Å². The van der Waals surface area contributed by atoms with E-state index in [1.165, 1.54) is 17.3 Å². The second kappa shape index (κ2) is 6.01. The lowest BCUT2D eigenvalue weighted by Crippen LogP contribution is -2.45. The average Bonchev–Trinajstić information content (AvgIpc) is 2.22. The van der Waals surface area contributed by atoms with Gasteiger partial charge in [0.15, 0.2) is 0 Å². The van der Waals surface area contributed by atoms with Gasteiger partial charge in [-0.15, -0.1) is 0 Å². The fourth-order valence-corrected chi connectivity index (χ4v) is 4.32. The molecule has 2 N–H and O–H groups in total. The monoisotopic (exact) mass is 246 g/mol. The number of amides is 1. The van der Waals surface area contributed by atoms with E-state index >= 15 is 0 Å². The third-order valence-corrected chi connectivity index (χ3v) is 5.60. The SMILES string of the molecule is O=C(CC1CNC1)NCC1CSCCS1. The van der Waals surface area contributed by atoms with Gasteiger partial charge in [-0.1, -0.05) is 0 Å². The Morgan fingerprint density at radius 3 is 2.87 bits per heavy atom. The first kappa shape index (κ1) is 11.6. The molecule has 0 saturated carbocycles. The number of hydrogen-bond donors (Lipinski definition) is 2. The highest BCUT2D eigenvalue weighted by Gasteiger charge is 2.21. The van der Waals surface area contributed by atoms with Crippen LogP contribution in [-0.4, -0.2) is 48.0 Å². The number of carbonyl (C=O) groups is 1. The third kappa shape index (κ3) is 3.89. The maximum absolute atomic E-state index is 11.5. The molecule has 1 amide bonds. The van der Waals surface area contributed by atoms with Crippen molar-refractivity contribution in [1.29, 1.82) is 0 Å². The lowest BCUT2D eigenvalue weighted by atomic mass is 9.99. The molecule has 2 aliphatic rings. The molecule has 86 valence electrons. The number of rotatable bonds is 4. The quantitative estimate of drug-likeness (QED) is 0.760. The van der Waals surface area contributed by atoms with Crippen molar-refractivity contribution in [2.45, 2.75) is 11.7 Å². The van der Waals surface area contributed by atoms with Gasteiger partial charge < -0.3 is 10.6 Å². The molecule has 0 aromatic heterocycles. The molecule has 2 rings (SSSR count). The molecule has 1 unspecified atom stereocenters. The Morgan fingerprint density at radius 1 is 1.40 bits per heavy atom. The van der Waals surface area contributed by atoms with Crippen LogP contribution in [-0.2, 0) is 4.79 Å². The molecule has 2 fully saturated rings. The van der Waals surface area contributed by atoms with Crippen molar-refractivity contribution < 1.29 is 4.79 Å². The van der Waals surface area contributed by atoms with Gasteiger partial charge in [0.25, 0.3) is 0 Å². The van der Waals surface area contributed by atoms with Crippen molar-refractivity contribution in [2.24, 2.45) is 5.92 Å². The van der Waals surface area contributed by atoms with Gasteiger partial charge in [0.05, 0.1) is 0 Å². The zero-order chi connectivity index (χ0) is 10.5. The largest absolute Gasteiger partial charge is 0.355 e. The van der Waals surface area contributed by atoms with E-state index in [9.17, 15) is 4.79 Å². The zero-order valence-corrected chi connectivity index (χ0v) is 10.5. The van der Waals surface area contributed by atoms with Crippen LogP contribution in [0.5, 0.6) is 0 Å². The van der Waals surface area contributed by atoms with Crippen LogP contribution < -0.4 is 10.6 Å². The number of hydrogen-bond acceptors (Lipinski definition) is 4. The molecule has 0 aliphatic carbocycles. The minimum absolute atomic E-state index is 0.234. The maximum Gasteiger partial charge on any atom is 0.220 e. The summed E-state index contributed by atoms with van der Waals surface area (Å²) in [6.45, 7) is 2.89. The first-order valence-corrected chi connectivity index (χ1v) is 7.71. The van der Waals surface area contributed by atoms with E-state index in [-0.39, 0.29) is 5.91 Å². The van der Waals surface area contributed by atoms with Crippen LogP contribution in [0, 0.1) is 5.92 Å². The van der Waals surface area contributed by atoms with Gasteiger partial charge in [-0.2, -0.15) is 23.5 Å². The van der Waals surface area contributed by atoms with Crippen LogP contribution in [0.2, 0.25) is 0 Å². The van der Waals surface area contributed by atoms with E-state index in [1.807, 2.05) is 23.5 Å². The fourth-order valence-electron chi connectivity index (χ4n) is 1.71. The lowest BCUT2D eigenvalue weighted by Gasteiger charge is -2.27. The minimum Gasteiger partial charge on any atom is -0.355 e. The van der Waals surface area contributed by atoms with Gasteiger partial charge in [0.2, 0.25) is 5.91 Å². The van der Waals surface area contributed by atoms with E-state index < -0.39 is 0 Å². The van der Waals surface area contributed by atoms with Crippen molar-refractivity contribution in [1.82, 2.24) is 10.6 Å². The van der Waals surface area contributed by atoms with Gasteiger partial charge >= 0.3 is 0 Å². The molecule has 5 heteroatoms. The van der Waals surface area contributed by atoms with Crippen LogP contribution in [0.1, 0.15) is 6.42 Å². The molecule has 0 radical (unpaired) electrons. The summed E-state index contributed by atoms with van der Waals surface area (Å²) in [5.41, 5.74) is 0. The van der Waals surface area contributed by atoms with Gasteiger partial charge in [0, 0.05) is 35.5 Å². The minimum atomic E-state index is 0.234. The van der Waals surface area contributed by atoms with Crippen LogP contribution in [0.25, 0.3) is 0 Å². The Kier molecular flexibility index (Phi) is 4.65. The fraction of sp³-hybridized carbons (Fsp3) is 0.900. The number of nitrogens with one attached hydrogen (secondary N) is 2. The molecule has 15 heavy (non-hydrogen) atoms. The molecule has 2 aliphatic heterocycles. The predicted molar refractivity (Wildman–Crippen MR) is 67.6 cm³/mol. The summed E-state index contributed by atoms with van der Waals surface area (Å²) in [5, 5.41) is 6.87. The van der Waals surface area contributed by atoms with Crippen molar-refractivity contribution in [2.75, 3.05) is 36.9 Å². The summed E-state index contributed by atoms with van der Waals surface area (Å²) in [4.78, 5) is 11.5. The van der Waals surface area contributed by atoms with Gasteiger partial charge in [-0.3, -0.25) is 4.79 Å². The van der Waals surface area contributed by atoms with Crippen molar-refractivity contribution in [3.63, 3.8) is 0 Å². The molecule has 0 aromatic rings. The summed E-state index contributed by atoms with van der Waals surface area (Å²) in [6.07, 6.45) is 0.706. The Hall–Kier alpha value is 0.130. The van der Waals surface area contributed by atoms with Gasteiger partial charge in [-0.05, 0) is 19.0 Å². The molecule has 0 spiro atoms. The van der Waals surface area contributed by atoms with Crippen LogP contribution in [0.4, 0.5) is 0 Å². The summed E-state index contributed by atoms with van der Waals surface area (Å²) < 4.78 is 0. The summed E-state index contributed by atoms with van der Waals surface area (Å²) >= 11 is 4.00. The number of thioether (sulfide) groups is 2. The zero-order valence-electron chi connectivity index (χ0n) is 8.83. The summed E-state index contributed by atoms with van der Waals surface area (Å²) in [7, 11) is 0. The third-order valence-electron chi connectivity index (χ3n) is 2.75. The van der Waals surface area contributed by atoms with Gasteiger partial charge in [0.1, 0.15) is 0 Å². The average molecular weight is 246 g/mol. The van der Waals surface area contributed by atoms with E-state index in [1.54, 1.807) is 0 Å². The molecule has 3 nitrogen and oxygen atoms in total. The van der Waals surface area contributed by atoms with Crippen molar-refractivity contribution in [3.05, 3.63) is 0 Å².